The zero-order valence-electron chi connectivity index (χ0n) is 14.7. The molecule has 132 valence electrons. The van der Waals surface area contributed by atoms with Crippen molar-refractivity contribution >= 4 is 45.0 Å². The first kappa shape index (κ1) is 18.8. The zero-order chi connectivity index (χ0) is 19.2. The summed E-state index contributed by atoms with van der Waals surface area (Å²) in [6.07, 6.45) is 7.14. The van der Waals surface area contributed by atoms with Gasteiger partial charge in [-0.25, -0.2) is 0 Å². The molecule has 0 amide bonds. The van der Waals surface area contributed by atoms with E-state index in [2.05, 4.69) is 34.6 Å². The van der Waals surface area contributed by atoms with E-state index in [0.717, 1.165) is 25.5 Å². The largest absolute Gasteiger partial charge is 0.493 e. The minimum Gasteiger partial charge on any atom is -0.493 e. The number of benzene rings is 3. The zero-order valence-corrected chi connectivity index (χ0v) is 16.9. The van der Waals surface area contributed by atoms with Gasteiger partial charge in [0.1, 0.15) is 6.61 Å². The van der Waals surface area contributed by atoms with Gasteiger partial charge in [-0.1, -0.05) is 48.4 Å². The average Bonchev–Trinajstić information content (AvgIpc) is 2.70. The molecule has 0 spiro atoms. The summed E-state index contributed by atoms with van der Waals surface area (Å²) in [7, 11) is 1.58. The van der Waals surface area contributed by atoms with Crippen LogP contribution in [-0.4, -0.2) is 13.7 Å². The summed E-state index contributed by atoms with van der Waals surface area (Å²) >= 11 is 2.18. The highest BCUT2D eigenvalue weighted by Gasteiger charge is 2.12. The molecule has 0 radical (unpaired) electrons. The van der Waals surface area contributed by atoms with E-state index in [9.17, 15) is 5.26 Å². The van der Waals surface area contributed by atoms with Crippen molar-refractivity contribution in [1.29, 1.82) is 5.26 Å². The van der Waals surface area contributed by atoms with E-state index in [4.69, 9.17) is 15.9 Å². The molecule has 3 rings (SSSR count). The van der Waals surface area contributed by atoms with Crippen LogP contribution in [0.5, 0.6) is 11.5 Å². The Morgan fingerprint density at radius 3 is 2.70 bits per heavy atom. The number of halogens is 1. The molecular formula is C23H16INO2. The van der Waals surface area contributed by atoms with E-state index in [0.29, 0.717) is 17.1 Å². The van der Waals surface area contributed by atoms with Crippen molar-refractivity contribution in [2.24, 2.45) is 0 Å². The van der Waals surface area contributed by atoms with Gasteiger partial charge in [-0.2, -0.15) is 5.26 Å². The van der Waals surface area contributed by atoms with Crippen molar-refractivity contribution in [1.82, 2.24) is 0 Å². The van der Waals surface area contributed by atoms with E-state index in [-0.39, 0.29) is 6.61 Å². The molecule has 0 aromatic heterocycles. The second kappa shape index (κ2) is 8.62. The Hall–Kier alpha value is -2.96. The van der Waals surface area contributed by atoms with Gasteiger partial charge in [0.2, 0.25) is 0 Å². The van der Waals surface area contributed by atoms with Crippen molar-refractivity contribution < 1.29 is 9.47 Å². The van der Waals surface area contributed by atoms with Crippen LogP contribution in [0.4, 0.5) is 0 Å². The van der Waals surface area contributed by atoms with Gasteiger partial charge in [0.25, 0.3) is 0 Å². The van der Waals surface area contributed by atoms with Crippen LogP contribution in [0.3, 0.4) is 0 Å². The number of terminal acetylenes is 1. The van der Waals surface area contributed by atoms with Crippen molar-refractivity contribution in [3.63, 3.8) is 0 Å². The maximum Gasteiger partial charge on any atom is 0.175 e. The molecular weight excluding hydrogens is 449 g/mol. The summed E-state index contributed by atoms with van der Waals surface area (Å²) in [5.74, 6) is 3.64. The van der Waals surface area contributed by atoms with Crippen LogP contribution in [-0.2, 0) is 0 Å². The highest BCUT2D eigenvalue weighted by Crippen LogP contribution is 2.35. The molecule has 0 fully saturated rings. The van der Waals surface area contributed by atoms with E-state index >= 15 is 0 Å². The topological polar surface area (TPSA) is 42.2 Å². The SMILES string of the molecule is C#CCOc1c(I)cc(/C=C(/C#N)c2cccc3ccccc23)cc1OC. The number of hydrogen-bond acceptors (Lipinski definition) is 3. The Labute approximate surface area is 172 Å². The Morgan fingerprint density at radius 1 is 1.19 bits per heavy atom. The highest BCUT2D eigenvalue weighted by molar-refractivity contribution is 14.1. The quantitative estimate of drug-likeness (QED) is 0.216. The van der Waals surface area contributed by atoms with Crippen LogP contribution < -0.4 is 9.47 Å². The summed E-state index contributed by atoms with van der Waals surface area (Å²) in [5, 5.41) is 11.9. The molecule has 3 nitrogen and oxygen atoms in total. The first-order valence-electron chi connectivity index (χ1n) is 8.21. The summed E-state index contributed by atoms with van der Waals surface area (Å²) in [6, 6.07) is 20.1. The normalized spacial score (nSPS) is 10.9. The van der Waals surface area contributed by atoms with Gasteiger partial charge in [-0.05, 0) is 57.1 Å². The molecule has 3 aromatic carbocycles. The van der Waals surface area contributed by atoms with Crippen LogP contribution in [0, 0.1) is 27.2 Å². The van der Waals surface area contributed by atoms with Gasteiger partial charge >= 0.3 is 0 Å². The molecule has 4 heteroatoms. The van der Waals surface area contributed by atoms with Gasteiger partial charge in [0.15, 0.2) is 11.5 Å². The second-order valence-electron chi connectivity index (χ2n) is 5.72. The second-order valence-corrected chi connectivity index (χ2v) is 6.89. The third-order valence-corrected chi connectivity index (χ3v) is 4.86. The lowest BCUT2D eigenvalue weighted by Crippen LogP contribution is -1.99. The molecule has 0 aliphatic heterocycles. The maximum atomic E-state index is 9.77. The molecule has 0 bridgehead atoms. The molecule has 27 heavy (non-hydrogen) atoms. The van der Waals surface area contributed by atoms with Crippen molar-refractivity contribution in [2.45, 2.75) is 0 Å². The van der Waals surface area contributed by atoms with E-state index < -0.39 is 0 Å². The van der Waals surface area contributed by atoms with Crippen LogP contribution >= 0.6 is 22.6 Å². The number of rotatable bonds is 5. The summed E-state index contributed by atoms with van der Waals surface area (Å²) in [4.78, 5) is 0. The Kier molecular flexibility index (Phi) is 6.01. The number of hydrogen-bond donors (Lipinski definition) is 0. The predicted octanol–water partition coefficient (Wildman–Crippen LogP) is 5.53. The fourth-order valence-corrected chi connectivity index (χ4v) is 3.66. The predicted molar refractivity (Wildman–Crippen MR) is 117 cm³/mol. The van der Waals surface area contributed by atoms with Gasteiger partial charge < -0.3 is 9.47 Å². The smallest absolute Gasteiger partial charge is 0.175 e. The van der Waals surface area contributed by atoms with E-state index in [1.54, 1.807) is 7.11 Å². The number of ether oxygens (including phenoxy) is 2. The highest BCUT2D eigenvalue weighted by atomic mass is 127. The monoisotopic (exact) mass is 465 g/mol. The van der Waals surface area contributed by atoms with Crippen LogP contribution in [0.25, 0.3) is 22.4 Å². The van der Waals surface area contributed by atoms with Gasteiger partial charge in [-0.3, -0.25) is 0 Å². The third kappa shape index (κ3) is 4.07. The summed E-state index contributed by atoms with van der Waals surface area (Å²) in [5.41, 5.74) is 2.34. The Bertz CT molecular complexity index is 1100. The molecule has 3 aromatic rings. The van der Waals surface area contributed by atoms with Gasteiger partial charge in [0.05, 0.1) is 22.3 Å². The van der Waals surface area contributed by atoms with Crippen LogP contribution in [0.15, 0.2) is 54.6 Å². The van der Waals surface area contributed by atoms with Gasteiger partial charge in [0, 0.05) is 5.56 Å². The van der Waals surface area contributed by atoms with E-state index in [1.165, 1.54) is 0 Å². The summed E-state index contributed by atoms with van der Waals surface area (Å²) < 4.78 is 11.9. The Balaban J connectivity index is 2.10. The standard InChI is InChI=1S/C23H16INO2/c1-3-11-27-23-21(24)13-16(14-22(23)26-2)12-18(15-25)20-10-6-8-17-7-4-5-9-19(17)20/h1,4-10,12-14H,11H2,2H3/b18-12-. The lowest BCUT2D eigenvalue weighted by molar-refractivity contribution is 0.328. The minimum absolute atomic E-state index is 0.168. The van der Waals surface area contributed by atoms with Crippen LogP contribution in [0.1, 0.15) is 11.1 Å². The third-order valence-electron chi connectivity index (χ3n) is 4.06. The average molecular weight is 465 g/mol. The molecule has 0 N–H and O–H groups in total. The number of nitriles is 1. The van der Waals surface area contributed by atoms with Crippen molar-refractivity contribution in [2.75, 3.05) is 13.7 Å². The molecule has 0 unspecified atom stereocenters. The van der Waals surface area contributed by atoms with Gasteiger partial charge in [-0.15, -0.1) is 6.42 Å². The lowest BCUT2D eigenvalue weighted by Gasteiger charge is -2.12. The van der Waals surface area contributed by atoms with Crippen molar-refractivity contribution in [3.05, 3.63) is 69.3 Å². The number of fused-ring (bicyclic) bond motifs is 1. The first-order chi connectivity index (χ1) is 13.2. The molecule has 0 aliphatic rings. The number of allylic oxidation sites excluding steroid dienone is 1. The molecule has 0 atom stereocenters. The number of methoxy groups -OCH3 is 1. The fraction of sp³-hybridized carbons (Fsp3) is 0.0870. The minimum atomic E-state index is 0.168. The molecule has 0 saturated carbocycles. The lowest BCUT2D eigenvalue weighted by atomic mass is 9.97. The fourth-order valence-electron chi connectivity index (χ4n) is 2.87. The number of nitrogens with zero attached hydrogens (tertiary/aromatic N) is 1. The summed E-state index contributed by atoms with van der Waals surface area (Å²) in [6.45, 7) is 0.168. The van der Waals surface area contributed by atoms with Crippen LogP contribution in [0.2, 0.25) is 0 Å². The first-order valence-corrected chi connectivity index (χ1v) is 9.29. The maximum absolute atomic E-state index is 9.77. The molecule has 0 saturated heterocycles. The molecule has 0 heterocycles. The van der Waals surface area contributed by atoms with Crippen molar-refractivity contribution in [3.8, 4) is 29.9 Å². The van der Waals surface area contributed by atoms with E-state index in [1.807, 2.05) is 60.7 Å². The molecule has 0 aliphatic carbocycles. The Morgan fingerprint density at radius 2 is 1.96 bits per heavy atom.